The smallest absolute Gasteiger partial charge is 0.256 e. The van der Waals surface area contributed by atoms with E-state index < -0.39 is 11.5 Å². The second-order valence-corrected chi connectivity index (χ2v) is 13.7. The van der Waals surface area contributed by atoms with E-state index in [0.717, 1.165) is 74.6 Å². The average molecular weight is 620 g/mol. The molecule has 2 aromatic carbocycles. The Morgan fingerprint density at radius 3 is 2.82 bits per heavy atom. The lowest BCUT2D eigenvalue weighted by molar-refractivity contribution is -0.140. The van der Waals surface area contributed by atoms with Crippen molar-refractivity contribution in [3.05, 3.63) is 82.5 Å². The van der Waals surface area contributed by atoms with Crippen LogP contribution in [-0.4, -0.2) is 69.5 Å². The number of benzene rings is 2. The molecule has 0 saturated heterocycles. The molecule has 1 fully saturated rings. The van der Waals surface area contributed by atoms with Gasteiger partial charge in [-0.15, -0.1) is 0 Å². The maximum atomic E-state index is 13.4. The predicted octanol–water partition coefficient (Wildman–Crippen LogP) is 5.58. The molecule has 2 aliphatic carbocycles. The summed E-state index contributed by atoms with van der Waals surface area (Å²) < 4.78 is 12.7. The van der Waals surface area contributed by atoms with Crippen LogP contribution in [0.2, 0.25) is 5.02 Å². The second-order valence-electron chi connectivity index (χ2n) is 13.3. The van der Waals surface area contributed by atoms with Gasteiger partial charge in [0.15, 0.2) is 5.60 Å². The fraction of sp³-hybridized carbons (Fsp3) is 0.528. The number of rotatable bonds is 2. The molecule has 0 aromatic heterocycles. The van der Waals surface area contributed by atoms with Crippen molar-refractivity contribution < 1.29 is 19.4 Å². The molecule has 0 radical (unpaired) electrons. The Hall–Kier alpha value is -3.00. The van der Waals surface area contributed by atoms with Gasteiger partial charge in [0.25, 0.3) is 5.91 Å². The van der Waals surface area contributed by atoms with E-state index in [1.165, 1.54) is 11.1 Å². The van der Waals surface area contributed by atoms with Gasteiger partial charge in [0.1, 0.15) is 5.75 Å². The Labute approximate surface area is 266 Å². The molecule has 2 bridgehead atoms. The maximum Gasteiger partial charge on any atom is 0.256 e. The second kappa shape index (κ2) is 12.4. The highest BCUT2D eigenvalue weighted by Crippen LogP contribution is 2.48. The third-order valence-corrected chi connectivity index (χ3v) is 10.9. The molecule has 8 heteroatoms. The van der Waals surface area contributed by atoms with Gasteiger partial charge >= 0.3 is 0 Å². The summed E-state index contributed by atoms with van der Waals surface area (Å²) in [6.07, 6.45) is 10.7. The van der Waals surface area contributed by atoms with Crippen LogP contribution in [0.3, 0.4) is 0 Å². The molecule has 5 atom stereocenters. The molecule has 4 aliphatic rings. The van der Waals surface area contributed by atoms with Crippen molar-refractivity contribution in [3.8, 4) is 5.75 Å². The number of halogens is 1. The minimum absolute atomic E-state index is 0.0639. The van der Waals surface area contributed by atoms with E-state index in [2.05, 4.69) is 41.1 Å². The first-order valence-electron chi connectivity index (χ1n) is 16.0. The first-order chi connectivity index (χ1) is 21.2. The van der Waals surface area contributed by atoms with Crippen LogP contribution < -0.4 is 15.0 Å². The number of aliphatic hydroxyl groups is 1. The Kier molecular flexibility index (Phi) is 8.75. The minimum atomic E-state index is -1.79. The lowest BCUT2D eigenvalue weighted by atomic mass is 9.68. The van der Waals surface area contributed by atoms with E-state index in [0.29, 0.717) is 29.7 Å². The fourth-order valence-corrected chi connectivity index (χ4v) is 8.11. The molecule has 2 aliphatic heterocycles. The molecule has 6 rings (SSSR count). The van der Waals surface area contributed by atoms with Crippen LogP contribution in [-0.2, 0) is 27.0 Å². The van der Waals surface area contributed by atoms with Gasteiger partial charge in [-0.3, -0.25) is 4.79 Å². The van der Waals surface area contributed by atoms with Crippen molar-refractivity contribution in [1.82, 2.24) is 10.2 Å². The zero-order valence-electron chi connectivity index (χ0n) is 26.3. The molecule has 7 nitrogen and oxygen atoms in total. The molecule has 2 N–H and O–H groups in total. The number of aryl methyl sites for hydroxylation is 1. The minimum Gasteiger partial charge on any atom is -0.490 e. The van der Waals surface area contributed by atoms with Crippen LogP contribution in [0, 0.1) is 11.8 Å². The summed E-state index contributed by atoms with van der Waals surface area (Å²) in [4.78, 5) is 17.9. The zero-order valence-corrected chi connectivity index (χ0v) is 27.0. The van der Waals surface area contributed by atoms with Gasteiger partial charge in [-0.1, -0.05) is 42.5 Å². The molecule has 44 heavy (non-hydrogen) atoms. The third kappa shape index (κ3) is 5.63. The molecule has 236 valence electrons. The number of carbonyl (C=O) groups excluding carboxylic acids is 1. The number of hydrogen-bond donors (Lipinski definition) is 2. The lowest BCUT2D eigenvalue weighted by Gasteiger charge is -2.46. The van der Waals surface area contributed by atoms with Crippen molar-refractivity contribution in [1.29, 1.82) is 0 Å². The van der Waals surface area contributed by atoms with Crippen LogP contribution in [0.25, 0.3) is 0 Å². The van der Waals surface area contributed by atoms with Gasteiger partial charge in [0.05, 0.1) is 18.4 Å². The fourth-order valence-electron chi connectivity index (χ4n) is 7.91. The van der Waals surface area contributed by atoms with E-state index in [-0.39, 0.29) is 17.9 Å². The summed E-state index contributed by atoms with van der Waals surface area (Å²) in [5.41, 5.74) is 2.78. The van der Waals surface area contributed by atoms with Crippen molar-refractivity contribution in [2.75, 3.05) is 52.3 Å². The number of amides is 1. The molecular weight excluding hydrogens is 574 g/mol. The number of methoxy groups -OCH3 is 1. The number of nitrogens with zero attached hydrogens (tertiary/aromatic N) is 2. The topological polar surface area (TPSA) is 74.3 Å². The van der Waals surface area contributed by atoms with Gasteiger partial charge < -0.3 is 29.7 Å². The molecule has 0 unspecified atom stereocenters. The Morgan fingerprint density at radius 2 is 2.07 bits per heavy atom. The van der Waals surface area contributed by atoms with Crippen LogP contribution in [0.4, 0.5) is 5.69 Å². The van der Waals surface area contributed by atoms with Gasteiger partial charge in [0.2, 0.25) is 0 Å². The predicted molar refractivity (Wildman–Crippen MR) is 175 cm³/mol. The number of carbonyl (C=O) groups is 1. The molecular formula is C36H46ClN3O4. The zero-order chi connectivity index (χ0) is 31.1. The number of nitrogens with one attached hydrogen (secondary N) is 1. The largest absolute Gasteiger partial charge is 0.490 e. The van der Waals surface area contributed by atoms with Crippen molar-refractivity contribution in [3.63, 3.8) is 0 Å². The van der Waals surface area contributed by atoms with Crippen LogP contribution in [0.15, 0.2) is 60.8 Å². The Bertz CT molecular complexity index is 1440. The standard InChI is InChI=1S/C36H46ClN3O4/c1-24-20-36(42,34(41)38-2)27-11-15-33-31(19-27)40(21-26-10-13-29(26)32(43-4)9-5-6-17-39(24)3)22-35(23-44-33)16-7-8-25-18-28(37)12-14-30(25)35/h5,9,11-12,14-15,18-19,26,29,32,42H,1,6-8,10,13,16-17,20-23H2,2-4H3,(H,38,41)/b9-5+/t26-,29+,32-,35-,36+/m0/s1. The summed E-state index contributed by atoms with van der Waals surface area (Å²) in [5, 5.41) is 15.6. The summed E-state index contributed by atoms with van der Waals surface area (Å²) in [6, 6.07) is 12.1. The van der Waals surface area contributed by atoms with E-state index in [4.69, 9.17) is 21.1 Å². The summed E-state index contributed by atoms with van der Waals surface area (Å²) >= 11 is 6.45. The monoisotopic (exact) mass is 619 g/mol. The Morgan fingerprint density at radius 1 is 1.23 bits per heavy atom. The molecule has 2 heterocycles. The molecule has 1 spiro atoms. The summed E-state index contributed by atoms with van der Waals surface area (Å²) in [5.74, 6) is 1.19. The van der Waals surface area contributed by atoms with E-state index in [1.807, 2.05) is 43.3 Å². The van der Waals surface area contributed by atoms with E-state index in [1.54, 1.807) is 7.05 Å². The quantitative estimate of drug-likeness (QED) is 0.428. The first-order valence-corrected chi connectivity index (χ1v) is 16.4. The average Bonchev–Trinajstić information content (AvgIpc) is 3.16. The van der Waals surface area contributed by atoms with Crippen molar-refractivity contribution >= 4 is 23.2 Å². The van der Waals surface area contributed by atoms with E-state index in [9.17, 15) is 9.90 Å². The van der Waals surface area contributed by atoms with E-state index >= 15 is 0 Å². The number of fused-ring (bicyclic) bond motifs is 4. The molecule has 1 saturated carbocycles. The van der Waals surface area contributed by atoms with Crippen LogP contribution in [0.1, 0.15) is 55.2 Å². The first kappa shape index (κ1) is 31.0. The number of hydrogen-bond acceptors (Lipinski definition) is 6. The number of anilines is 1. The van der Waals surface area contributed by atoms with Crippen LogP contribution in [0.5, 0.6) is 5.75 Å². The highest BCUT2D eigenvalue weighted by molar-refractivity contribution is 6.30. The number of likely N-dealkylation sites (N-methyl/N-ethyl adjacent to an activating group) is 1. The Balaban J connectivity index is 1.47. The van der Waals surface area contributed by atoms with Crippen LogP contribution >= 0.6 is 11.6 Å². The highest BCUT2D eigenvalue weighted by Gasteiger charge is 2.45. The van der Waals surface area contributed by atoms with Crippen molar-refractivity contribution in [2.24, 2.45) is 11.8 Å². The van der Waals surface area contributed by atoms with Gasteiger partial charge in [0, 0.05) is 63.4 Å². The van der Waals surface area contributed by atoms with Gasteiger partial charge in [-0.2, -0.15) is 0 Å². The summed E-state index contributed by atoms with van der Waals surface area (Å²) in [7, 11) is 5.34. The molecule has 1 amide bonds. The SMILES string of the molecule is C=C1C[C@](O)(C(=O)NC)c2ccc3c(c2)N(C[C@@H]2CC[C@H]2[C@@H](OC)/C=C/CCN1C)C[C@@]1(CCCc2cc(Cl)ccc21)CO3. The van der Waals surface area contributed by atoms with Gasteiger partial charge in [-0.25, -0.2) is 0 Å². The normalized spacial score (nSPS) is 31.2. The highest BCUT2D eigenvalue weighted by atomic mass is 35.5. The third-order valence-electron chi connectivity index (χ3n) is 10.7. The molecule has 2 aromatic rings. The summed E-state index contributed by atoms with van der Waals surface area (Å²) in [6.45, 7) is 7.17. The lowest BCUT2D eigenvalue weighted by Crippen LogP contribution is -2.49. The van der Waals surface area contributed by atoms with Crippen molar-refractivity contribution in [2.45, 2.75) is 62.1 Å². The van der Waals surface area contributed by atoms with Gasteiger partial charge in [-0.05, 0) is 91.3 Å². The maximum absolute atomic E-state index is 13.4. The number of ether oxygens (including phenoxy) is 2.